The monoisotopic (exact) mass is 279 g/mol. The molecular weight excluding hydrogens is 258 g/mol. The van der Waals surface area contributed by atoms with Crippen LogP contribution in [0.2, 0.25) is 5.02 Å². The maximum Gasteiger partial charge on any atom is 0.122 e. The highest BCUT2D eigenvalue weighted by Gasteiger charge is 2.12. The molecule has 0 fully saturated rings. The second kappa shape index (κ2) is 6.97. The van der Waals surface area contributed by atoms with Crippen LogP contribution in [-0.2, 0) is 6.42 Å². The van der Waals surface area contributed by atoms with E-state index in [0.717, 1.165) is 29.2 Å². The van der Waals surface area contributed by atoms with Gasteiger partial charge in [-0.25, -0.2) is 0 Å². The van der Waals surface area contributed by atoms with E-state index in [4.69, 9.17) is 22.1 Å². The van der Waals surface area contributed by atoms with Gasteiger partial charge in [-0.1, -0.05) is 23.3 Å². The van der Waals surface area contributed by atoms with Gasteiger partial charge in [-0.15, -0.1) is 0 Å². The molecule has 0 saturated heterocycles. The average molecular weight is 280 g/mol. The minimum Gasteiger partial charge on any atom is -0.496 e. The van der Waals surface area contributed by atoms with Crippen molar-refractivity contribution in [1.82, 2.24) is 0 Å². The van der Waals surface area contributed by atoms with Crippen LogP contribution in [0, 0.1) is 0 Å². The summed E-state index contributed by atoms with van der Waals surface area (Å²) in [5.41, 5.74) is 8.88. The molecule has 0 bridgehead atoms. The van der Waals surface area contributed by atoms with E-state index in [1.54, 1.807) is 7.11 Å². The first-order valence-electron chi connectivity index (χ1n) is 6.95. The third-order valence-corrected chi connectivity index (χ3v) is 3.87. The van der Waals surface area contributed by atoms with E-state index in [2.05, 4.69) is 6.08 Å². The summed E-state index contributed by atoms with van der Waals surface area (Å²) in [6, 6.07) is 5.84. The number of benzene rings is 1. The minimum absolute atomic E-state index is 0.136. The van der Waals surface area contributed by atoms with Crippen LogP contribution < -0.4 is 10.5 Å². The molecule has 0 spiro atoms. The van der Waals surface area contributed by atoms with Crippen LogP contribution in [0.3, 0.4) is 0 Å². The lowest BCUT2D eigenvalue weighted by Crippen LogP contribution is -2.24. The fourth-order valence-corrected chi connectivity index (χ4v) is 2.88. The smallest absolute Gasteiger partial charge is 0.122 e. The first-order valence-corrected chi connectivity index (χ1v) is 7.32. The molecule has 0 radical (unpaired) electrons. The minimum atomic E-state index is 0.136. The van der Waals surface area contributed by atoms with Gasteiger partial charge in [-0.3, -0.25) is 0 Å². The van der Waals surface area contributed by atoms with Gasteiger partial charge < -0.3 is 10.5 Å². The van der Waals surface area contributed by atoms with Gasteiger partial charge in [-0.2, -0.15) is 0 Å². The van der Waals surface area contributed by atoms with E-state index >= 15 is 0 Å². The number of methoxy groups -OCH3 is 1. The van der Waals surface area contributed by atoms with Gasteiger partial charge in [0, 0.05) is 11.1 Å². The van der Waals surface area contributed by atoms with Gasteiger partial charge in [0.25, 0.3) is 0 Å². The number of hydrogen-bond acceptors (Lipinski definition) is 2. The van der Waals surface area contributed by atoms with Crippen LogP contribution in [0.25, 0.3) is 0 Å². The molecule has 0 saturated carbocycles. The largest absolute Gasteiger partial charge is 0.496 e. The third-order valence-electron chi connectivity index (χ3n) is 3.63. The van der Waals surface area contributed by atoms with Crippen LogP contribution >= 0.6 is 11.6 Å². The lowest BCUT2D eigenvalue weighted by molar-refractivity contribution is 0.407. The molecule has 1 aromatic carbocycles. The van der Waals surface area contributed by atoms with E-state index in [-0.39, 0.29) is 6.04 Å². The Bertz CT molecular complexity index is 456. The Balaban J connectivity index is 1.99. The Morgan fingerprint density at radius 3 is 2.84 bits per heavy atom. The summed E-state index contributed by atoms with van der Waals surface area (Å²) in [5, 5.41) is 0.736. The van der Waals surface area contributed by atoms with Crippen molar-refractivity contribution in [3.8, 4) is 5.75 Å². The fraction of sp³-hybridized carbons (Fsp3) is 0.500. The third kappa shape index (κ3) is 4.26. The van der Waals surface area contributed by atoms with Crippen molar-refractivity contribution in [3.05, 3.63) is 40.4 Å². The summed E-state index contributed by atoms with van der Waals surface area (Å²) in [7, 11) is 1.68. The molecule has 0 aliphatic heterocycles. The zero-order chi connectivity index (χ0) is 13.7. The second-order valence-corrected chi connectivity index (χ2v) is 5.67. The lowest BCUT2D eigenvalue weighted by atomic mass is 9.92. The Labute approximate surface area is 120 Å². The highest BCUT2D eigenvalue weighted by Crippen LogP contribution is 2.26. The van der Waals surface area contributed by atoms with Crippen molar-refractivity contribution >= 4 is 11.6 Å². The van der Waals surface area contributed by atoms with Crippen LogP contribution in [0.5, 0.6) is 5.75 Å². The number of allylic oxidation sites excluding steroid dienone is 1. The molecule has 1 aliphatic carbocycles. The molecular formula is C16H22ClNO. The van der Waals surface area contributed by atoms with E-state index in [0.29, 0.717) is 0 Å². The predicted molar refractivity (Wildman–Crippen MR) is 80.9 cm³/mol. The number of hydrogen-bond donors (Lipinski definition) is 1. The first kappa shape index (κ1) is 14.4. The Morgan fingerprint density at radius 1 is 1.32 bits per heavy atom. The standard InChI is InChI=1S/C16H22ClNO/c1-19-16-8-7-14(17)10-13(16)11-15(18)9-12-5-3-2-4-6-12/h5,7-8,10,15H,2-4,6,9,11,18H2,1H3. The summed E-state index contributed by atoms with van der Waals surface area (Å²) in [4.78, 5) is 0. The molecule has 2 nitrogen and oxygen atoms in total. The summed E-state index contributed by atoms with van der Waals surface area (Å²) in [6.07, 6.45) is 9.19. The second-order valence-electron chi connectivity index (χ2n) is 5.23. The van der Waals surface area contributed by atoms with E-state index in [1.165, 1.54) is 31.3 Å². The van der Waals surface area contributed by atoms with Gasteiger partial charge >= 0.3 is 0 Å². The average Bonchev–Trinajstić information content (AvgIpc) is 2.40. The molecule has 0 amide bonds. The Kier molecular flexibility index (Phi) is 5.29. The molecule has 1 unspecified atom stereocenters. The van der Waals surface area contributed by atoms with E-state index < -0.39 is 0 Å². The number of ether oxygens (including phenoxy) is 1. The number of nitrogens with two attached hydrogens (primary N) is 1. The molecule has 2 N–H and O–H groups in total. The van der Waals surface area contributed by atoms with Crippen LogP contribution in [0.1, 0.15) is 37.7 Å². The molecule has 0 heterocycles. The number of halogens is 1. The van der Waals surface area contributed by atoms with Crippen LogP contribution in [0.15, 0.2) is 29.8 Å². The molecule has 1 aromatic rings. The van der Waals surface area contributed by atoms with Crippen molar-refractivity contribution in [3.63, 3.8) is 0 Å². The zero-order valence-electron chi connectivity index (χ0n) is 11.5. The van der Waals surface area contributed by atoms with Gasteiger partial charge in [0.05, 0.1) is 7.11 Å². The van der Waals surface area contributed by atoms with Crippen molar-refractivity contribution in [1.29, 1.82) is 0 Å². The maximum absolute atomic E-state index is 6.27. The molecule has 104 valence electrons. The summed E-state index contributed by atoms with van der Waals surface area (Å²) in [5.74, 6) is 0.873. The topological polar surface area (TPSA) is 35.2 Å². The number of rotatable bonds is 5. The van der Waals surface area contributed by atoms with Crippen LogP contribution in [0.4, 0.5) is 0 Å². The quantitative estimate of drug-likeness (QED) is 0.823. The van der Waals surface area contributed by atoms with Crippen LogP contribution in [-0.4, -0.2) is 13.2 Å². The highest BCUT2D eigenvalue weighted by molar-refractivity contribution is 6.30. The molecule has 3 heteroatoms. The summed E-state index contributed by atoms with van der Waals surface area (Å²) < 4.78 is 5.36. The lowest BCUT2D eigenvalue weighted by Gasteiger charge is -2.18. The zero-order valence-corrected chi connectivity index (χ0v) is 12.2. The van der Waals surface area contributed by atoms with Crippen molar-refractivity contribution < 1.29 is 4.74 Å². The van der Waals surface area contributed by atoms with Gasteiger partial charge in [0.1, 0.15) is 5.75 Å². The Hall–Kier alpha value is -0.990. The summed E-state index contributed by atoms with van der Waals surface area (Å²) in [6.45, 7) is 0. The Morgan fingerprint density at radius 2 is 2.16 bits per heavy atom. The normalized spacial score (nSPS) is 16.9. The van der Waals surface area contributed by atoms with E-state index in [1.807, 2.05) is 18.2 Å². The van der Waals surface area contributed by atoms with E-state index in [9.17, 15) is 0 Å². The highest BCUT2D eigenvalue weighted by atomic mass is 35.5. The SMILES string of the molecule is COc1ccc(Cl)cc1CC(N)CC1=CCCCC1. The van der Waals surface area contributed by atoms with Crippen molar-refractivity contribution in [2.24, 2.45) is 5.73 Å². The molecule has 1 atom stereocenters. The molecule has 19 heavy (non-hydrogen) atoms. The van der Waals surface area contributed by atoms with Gasteiger partial charge in [-0.05, 0) is 62.3 Å². The first-order chi connectivity index (χ1) is 9.19. The molecule has 0 aromatic heterocycles. The van der Waals surface area contributed by atoms with Crippen molar-refractivity contribution in [2.45, 2.75) is 44.6 Å². The molecule has 1 aliphatic rings. The molecule has 2 rings (SSSR count). The van der Waals surface area contributed by atoms with Gasteiger partial charge in [0.2, 0.25) is 0 Å². The fourth-order valence-electron chi connectivity index (χ4n) is 2.69. The predicted octanol–water partition coefficient (Wildman–Crippen LogP) is 4.11. The van der Waals surface area contributed by atoms with Crippen molar-refractivity contribution in [2.75, 3.05) is 7.11 Å². The van der Waals surface area contributed by atoms with Gasteiger partial charge in [0.15, 0.2) is 0 Å². The summed E-state index contributed by atoms with van der Waals surface area (Å²) >= 11 is 6.04. The maximum atomic E-state index is 6.27.